The first-order valence-corrected chi connectivity index (χ1v) is 5.30. The minimum absolute atomic E-state index is 0.537. The van der Waals surface area contributed by atoms with Gasteiger partial charge in [0.2, 0.25) is 0 Å². The smallest absolute Gasteiger partial charge is 0.0601 e. The quantitative estimate of drug-likeness (QED) is 0.674. The molecule has 3 heteroatoms. The second kappa shape index (κ2) is 3.95. The summed E-state index contributed by atoms with van der Waals surface area (Å²) in [6.07, 6.45) is 3.02. The van der Waals surface area contributed by atoms with Gasteiger partial charge in [0.1, 0.15) is 0 Å². The van der Waals surface area contributed by atoms with Crippen molar-refractivity contribution in [3.8, 4) is 0 Å². The Balaban J connectivity index is 1.75. The fourth-order valence-electron chi connectivity index (χ4n) is 2.32. The Morgan fingerprint density at radius 2 is 2.15 bits per heavy atom. The van der Waals surface area contributed by atoms with Crippen molar-refractivity contribution in [2.24, 2.45) is 0 Å². The highest BCUT2D eigenvalue weighted by atomic mass is 16.5. The highest BCUT2D eigenvalue weighted by molar-refractivity contribution is 4.90. The number of hydrogen-bond donors (Lipinski definition) is 1. The summed E-state index contributed by atoms with van der Waals surface area (Å²) in [5.74, 6) is 0. The molecule has 1 heterocycles. The predicted molar refractivity (Wildman–Crippen MR) is 52.9 cm³/mol. The minimum Gasteiger partial charge on any atom is -0.381 e. The van der Waals surface area contributed by atoms with Gasteiger partial charge in [0, 0.05) is 38.8 Å². The number of methoxy groups -OCH3 is 1. The third kappa shape index (κ3) is 2.03. The number of nitrogens with one attached hydrogen (secondary N) is 1. The van der Waals surface area contributed by atoms with Gasteiger partial charge in [-0.15, -0.1) is 0 Å². The van der Waals surface area contributed by atoms with Crippen LogP contribution in [0.4, 0.5) is 0 Å². The van der Waals surface area contributed by atoms with E-state index in [-0.39, 0.29) is 0 Å². The number of ether oxygens (including phenoxy) is 1. The maximum absolute atomic E-state index is 5.29. The minimum atomic E-state index is 0.537. The van der Waals surface area contributed by atoms with Crippen LogP contribution in [0.1, 0.15) is 19.8 Å². The second-order valence-electron chi connectivity index (χ2n) is 4.33. The topological polar surface area (TPSA) is 24.5 Å². The maximum Gasteiger partial charge on any atom is 0.0601 e. The molecule has 0 unspecified atom stereocenters. The third-order valence-electron chi connectivity index (χ3n) is 3.32. The standard InChI is InChI=1S/C10H20N2O/c1-8-7-12(4-3-11-8)9-5-10(6-9)13-2/h8-11H,3-7H2,1-2H3/t8-,9?,10?/m0/s1. The molecule has 0 bridgehead atoms. The van der Waals surface area contributed by atoms with E-state index >= 15 is 0 Å². The zero-order valence-corrected chi connectivity index (χ0v) is 8.62. The Bertz CT molecular complexity index is 168. The van der Waals surface area contributed by atoms with Gasteiger partial charge in [-0.2, -0.15) is 0 Å². The van der Waals surface area contributed by atoms with E-state index in [0.717, 1.165) is 12.6 Å². The Hall–Kier alpha value is -0.120. The molecule has 0 aromatic carbocycles. The number of piperazine rings is 1. The first-order chi connectivity index (χ1) is 6.29. The van der Waals surface area contributed by atoms with Crippen LogP contribution in [0.25, 0.3) is 0 Å². The van der Waals surface area contributed by atoms with E-state index in [2.05, 4.69) is 17.1 Å². The van der Waals surface area contributed by atoms with Crippen molar-refractivity contribution >= 4 is 0 Å². The molecule has 1 saturated heterocycles. The fraction of sp³-hybridized carbons (Fsp3) is 1.00. The van der Waals surface area contributed by atoms with Crippen LogP contribution in [0.5, 0.6) is 0 Å². The zero-order valence-electron chi connectivity index (χ0n) is 8.62. The largest absolute Gasteiger partial charge is 0.381 e. The molecule has 0 spiro atoms. The Morgan fingerprint density at radius 3 is 2.77 bits per heavy atom. The van der Waals surface area contributed by atoms with Gasteiger partial charge in [0.25, 0.3) is 0 Å². The molecule has 2 rings (SSSR count). The Labute approximate surface area is 80.4 Å². The van der Waals surface area contributed by atoms with Crippen molar-refractivity contribution in [2.75, 3.05) is 26.7 Å². The molecule has 13 heavy (non-hydrogen) atoms. The summed E-state index contributed by atoms with van der Waals surface area (Å²) < 4.78 is 5.29. The predicted octanol–water partition coefficient (Wildman–Crippen LogP) is 0.457. The Morgan fingerprint density at radius 1 is 1.38 bits per heavy atom. The van der Waals surface area contributed by atoms with E-state index in [9.17, 15) is 0 Å². The van der Waals surface area contributed by atoms with E-state index in [4.69, 9.17) is 4.74 Å². The molecule has 0 radical (unpaired) electrons. The third-order valence-corrected chi connectivity index (χ3v) is 3.32. The van der Waals surface area contributed by atoms with Gasteiger partial charge in [-0.25, -0.2) is 0 Å². The average Bonchev–Trinajstić information content (AvgIpc) is 2.02. The molecular formula is C10H20N2O. The Kier molecular flexibility index (Phi) is 2.86. The van der Waals surface area contributed by atoms with Gasteiger partial charge in [0.05, 0.1) is 6.10 Å². The van der Waals surface area contributed by atoms with Crippen LogP contribution in [-0.2, 0) is 4.74 Å². The summed E-state index contributed by atoms with van der Waals surface area (Å²) in [5, 5.41) is 3.47. The van der Waals surface area contributed by atoms with Crippen LogP contribution < -0.4 is 5.32 Å². The van der Waals surface area contributed by atoms with Gasteiger partial charge >= 0.3 is 0 Å². The van der Waals surface area contributed by atoms with E-state index < -0.39 is 0 Å². The molecular weight excluding hydrogens is 164 g/mol. The van der Waals surface area contributed by atoms with Gasteiger partial charge in [-0.1, -0.05) is 0 Å². The molecule has 2 aliphatic rings. The zero-order chi connectivity index (χ0) is 9.26. The highest BCUT2D eigenvalue weighted by Crippen LogP contribution is 2.28. The number of rotatable bonds is 2. The van der Waals surface area contributed by atoms with Crippen molar-refractivity contribution < 1.29 is 4.74 Å². The molecule has 76 valence electrons. The van der Waals surface area contributed by atoms with Crippen molar-refractivity contribution in [1.29, 1.82) is 0 Å². The van der Waals surface area contributed by atoms with Gasteiger partial charge in [0.15, 0.2) is 0 Å². The van der Waals surface area contributed by atoms with Gasteiger partial charge in [-0.3, -0.25) is 4.90 Å². The summed E-state index contributed by atoms with van der Waals surface area (Å²) in [6.45, 7) is 5.83. The summed E-state index contributed by atoms with van der Waals surface area (Å²) in [5.41, 5.74) is 0. The monoisotopic (exact) mass is 184 g/mol. The lowest BCUT2D eigenvalue weighted by Gasteiger charge is -2.45. The second-order valence-corrected chi connectivity index (χ2v) is 4.33. The summed E-state index contributed by atoms with van der Waals surface area (Å²) in [4.78, 5) is 2.61. The van der Waals surface area contributed by atoms with Crippen LogP contribution in [0.15, 0.2) is 0 Å². The number of nitrogens with zero attached hydrogens (tertiary/aromatic N) is 1. The van der Waals surface area contributed by atoms with E-state index in [0.29, 0.717) is 12.1 Å². The molecule has 1 aliphatic carbocycles. The molecule has 3 nitrogen and oxygen atoms in total. The van der Waals surface area contributed by atoms with Crippen LogP contribution in [0.3, 0.4) is 0 Å². The summed E-state index contributed by atoms with van der Waals surface area (Å²) >= 11 is 0. The first-order valence-electron chi connectivity index (χ1n) is 5.30. The van der Waals surface area contributed by atoms with E-state index in [1.165, 1.54) is 25.9 Å². The molecule has 0 amide bonds. The highest BCUT2D eigenvalue weighted by Gasteiger charge is 2.34. The van der Waals surface area contributed by atoms with Crippen LogP contribution in [-0.4, -0.2) is 49.8 Å². The number of hydrogen-bond acceptors (Lipinski definition) is 3. The molecule has 1 saturated carbocycles. The van der Waals surface area contributed by atoms with Crippen molar-refractivity contribution in [3.05, 3.63) is 0 Å². The molecule has 1 N–H and O–H groups in total. The normalized spacial score (nSPS) is 41.5. The van der Waals surface area contributed by atoms with E-state index in [1.807, 2.05) is 7.11 Å². The lowest BCUT2D eigenvalue weighted by Crippen LogP contribution is -2.57. The molecule has 1 aliphatic heterocycles. The van der Waals surface area contributed by atoms with Crippen LogP contribution in [0.2, 0.25) is 0 Å². The molecule has 2 fully saturated rings. The summed E-state index contributed by atoms with van der Waals surface area (Å²) in [6, 6.07) is 1.46. The van der Waals surface area contributed by atoms with Gasteiger partial charge in [-0.05, 0) is 19.8 Å². The van der Waals surface area contributed by atoms with Crippen LogP contribution >= 0.6 is 0 Å². The van der Waals surface area contributed by atoms with Crippen molar-refractivity contribution in [1.82, 2.24) is 10.2 Å². The average molecular weight is 184 g/mol. The lowest BCUT2D eigenvalue weighted by atomic mass is 9.87. The molecule has 0 aromatic rings. The van der Waals surface area contributed by atoms with E-state index in [1.54, 1.807) is 0 Å². The summed E-state index contributed by atoms with van der Waals surface area (Å²) in [7, 11) is 1.82. The van der Waals surface area contributed by atoms with Crippen molar-refractivity contribution in [2.45, 2.75) is 38.0 Å². The maximum atomic E-state index is 5.29. The molecule has 1 atom stereocenters. The van der Waals surface area contributed by atoms with Crippen molar-refractivity contribution in [3.63, 3.8) is 0 Å². The van der Waals surface area contributed by atoms with Gasteiger partial charge < -0.3 is 10.1 Å². The van der Waals surface area contributed by atoms with Crippen LogP contribution in [0, 0.1) is 0 Å². The SMILES string of the molecule is COC1CC(N2CCN[C@@H](C)C2)C1. The first kappa shape index (κ1) is 9.44. The lowest BCUT2D eigenvalue weighted by molar-refractivity contribution is -0.0338. The fourth-order valence-corrected chi connectivity index (χ4v) is 2.32. The molecule has 0 aromatic heterocycles.